The van der Waals surface area contributed by atoms with Gasteiger partial charge in [-0.3, -0.25) is 4.99 Å². The van der Waals surface area contributed by atoms with Gasteiger partial charge < -0.3 is 70.3 Å². The summed E-state index contributed by atoms with van der Waals surface area (Å²) in [6.07, 6.45) is -6.76. The standard InChI is InChI=1S/C32H46N4O13/c1-15(2)7-8-16(3)36-19-12-21(20(11-18(19)29(41)42)47-14-35-32(33)34-4)48-31-28(40)27(39)26(38)24(49-31)13-46-30(43)17-9-22(44-5)25(37)23(10-17)45-6/h9-12,15-16,24,26-28,31,36-40H,7-8,13-14H2,1-6H3,(H,41,42)(H3,33,34,35)/t16-,24-,26-,27+,28-,31+/m1/s1. The van der Waals surface area contributed by atoms with Gasteiger partial charge in [0.15, 0.2) is 35.7 Å². The van der Waals surface area contributed by atoms with Crippen LogP contribution in [0.1, 0.15) is 54.3 Å². The van der Waals surface area contributed by atoms with Crippen LogP contribution in [0, 0.1) is 5.92 Å². The van der Waals surface area contributed by atoms with Gasteiger partial charge >= 0.3 is 11.9 Å². The SMILES string of the molecule is CN=C(N)NCOc1cc(C(=O)O)c(N[C@H](C)CCC(C)C)cc1O[C@H]1O[C@H](COC(=O)c2cc(OC)c(O)c(OC)c2)[C@@H](O)[C@H](O)[C@H]1O. The summed E-state index contributed by atoms with van der Waals surface area (Å²) in [5, 5.41) is 58.2. The van der Waals surface area contributed by atoms with Gasteiger partial charge in [0, 0.05) is 25.2 Å². The number of carbonyl (C=O) groups excluding carboxylic acids is 1. The highest BCUT2D eigenvalue weighted by Crippen LogP contribution is 2.38. The molecule has 1 aliphatic rings. The molecular formula is C32H46N4O13. The molecule has 1 heterocycles. The van der Waals surface area contributed by atoms with E-state index in [4.69, 9.17) is 34.2 Å². The van der Waals surface area contributed by atoms with Crippen LogP contribution in [0.2, 0.25) is 0 Å². The molecule has 6 atom stereocenters. The van der Waals surface area contributed by atoms with Crippen molar-refractivity contribution in [1.82, 2.24) is 5.32 Å². The van der Waals surface area contributed by atoms with Crippen LogP contribution >= 0.6 is 0 Å². The van der Waals surface area contributed by atoms with Crippen molar-refractivity contribution in [2.75, 3.05) is 39.9 Å². The van der Waals surface area contributed by atoms with Gasteiger partial charge in [-0.25, -0.2) is 9.59 Å². The third-order valence-corrected chi connectivity index (χ3v) is 7.62. The summed E-state index contributed by atoms with van der Waals surface area (Å²) < 4.78 is 32.9. The van der Waals surface area contributed by atoms with E-state index >= 15 is 0 Å². The second kappa shape index (κ2) is 17.6. The molecule has 0 saturated carbocycles. The molecule has 0 aromatic heterocycles. The number of aliphatic hydroxyl groups excluding tert-OH is 3. The molecule has 49 heavy (non-hydrogen) atoms. The van der Waals surface area contributed by atoms with Crippen molar-refractivity contribution in [3.05, 3.63) is 35.4 Å². The number of nitrogens with two attached hydrogens (primary N) is 1. The number of phenolic OH excluding ortho intramolecular Hbond substituents is 1. The molecule has 0 spiro atoms. The van der Waals surface area contributed by atoms with E-state index < -0.39 is 49.3 Å². The van der Waals surface area contributed by atoms with E-state index in [9.17, 15) is 35.1 Å². The lowest BCUT2D eigenvalue weighted by molar-refractivity contribution is -0.277. The number of methoxy groups -OCH3 is 2. The van der Waals surface area contributed by atoms with Crippen molar-refractivity contribution >= 4 is 23.6 Å². The summed E-state index contributed by atoms with van der Waals surface area (Å²) >= 11 is 0. The van der Waals surface area contributed by atoms with Gasteiger partial charge in [0.25, 0.3) is 0 Å². The van der Waals surface area contributed by atoms with Gasteiger partial charge in [0.2, 0.25) is 12.0 Å². The molecule has 0 amide bonds. The normalized spacial score (nSPS) is 21.4. The first kappa shape index (κ1) is 38.7. The van der Waals surface area contributed by atoms with Crippen molar-refractivity contribution in [1.29, 1.82) is 0 Å². The number of hydrogen-bond donors (Lipinski definition) is 8. The molecule has 0 radical (unpaired) electrons. The minimum absolute atomic E-state index is 0.0444. The molecule has 1 saturated heterocycles. The lowest BCUT2D eigenvalue weighted by Crippen LogP contribution is -2.60. The number of guanidine groups is 1. The van der Waals surface area contributed by atoms with Crippen LogP contribution in [0.15, 0.2) is 29.3 Å². The van der Waals surface area contributed by atoms with Crippen LogP contribution in [0.25, 0.3) is 0 Å². The molecule has 17 heteroatoms. The fourth-order valence-corrected chi connectivity index (χ4v) is 4.78. The number of aromatic carboxylic acids is 1. The zero-order valence-electron chi connectivity index (χ0n) is 28.2. The maximum atomic E-state index is 12.9. The third-order valence-electron chi connectivity index (χ3n) is 7.62. The number of nitrogens with one attached hydrogen (secondary N) is 2. The summed E-state index contributed by atoms with van der Waals surface area (Å²) in [6.45, 7) is 5.20. The predicted octanol–water partition coefficient (Wildman–Crippen LogP) is 1.26. The average molecular weight is 695 g/mol. The Morgan fingerprint density at radius 3 is 2.18 bits per heavy atom. The molecule has 9 N–H and O–H groups in total. The number of aliphatic hydroxyl groups is 3. The minimum Gasteiger partial charge on any atom is -0.502 e. The Morgan fingerprint density at radius 1 is 0.959 bits per heavy atom. The first-order chi connectivity index (χ1) is 23.2. The highest BCUT2D eigenvalue weighted by molar-refractivity contribution is 5.95. The first-order valence-electron chi connectivity index (χ1n) is 15.5. The second-order valence-electron chi connectivity index (χ2n) is 11.7. The molecule has 17 nitrogen and oxygen atoms in total. The Morgan fingerprint density at radius 2 is 1.61 bits per heavy atom. The molecule has 0 unspecified atom stereocenters. The predicted molar refractivity (Wildman–Crippen MR) is 176 cm³/mol. The van der Waals surface area contributed by atoms with Gasteiger partial charge in [-0.2, -0.15) is 0 Å². The summed E-state index contributed by atoms with van der Waals surface area (Å²) in [6, 6.07) is 4.87. The van der Waals surface area contributed by atoms with Crippen LogP contribution in [0.4, 0.5) is 5.69 Å². The average Bonchev–Trinajstić information content (AvgIpc) is 3.07. The summed E-state index contributed by atoms with van der Waals surface area (Å²) in [5.41, 5.74) is 5.66. The third kappa shape index (κ3) is 10.1. The Hall–Kier alpha value is -4.71. The monoisotopic (exact) mass is 694 g/mol. The molecule has 0 aliphatic carbocycles. The quantitative estimate of drug-likeness (QED) is 0.0533. The fourth-order valence-electron chi connectivity index (χ4n) is 4.78. The number of rotatable bonds is 16. The summed E-state index contributed by atoms with van der Waals surface area (Å²) in [7, 11) is 4.02. The number of carboxylic acids is 1. The van der Waals surface area contributed by atoms with E-state index in [0.29, 0.717) is 5.92 Å². The van der Waals surface area contributed by atoms with E-state index in [1.165, 1.54) is 45.5 Å². The molecule has 1 fully saturated rings. The van der Waals surface area contributed by atoms with Crippen molar-refractivity contribution < 1.29 is 63.5 Å². The number of hydrogen-bond acceptors (Lipinski definition) is 14. The van der Waals surface area contributed by atoms with Crippen LogP contribution in [0.3, 0.4) is 0 Å². The number of carbonyl (C=O) groups is 2. The van der Waals surface area contributed by atoms with Crippen molar-refractivity contribution in [2.45, 2.75) is 70.4 Å². The van der Waals surface area contributed by atoms with E-state index in [2.05, 4.69) is 29.5 Å². The lowest BCUT2D eigenvalue weighted by atomic mass is 9.99. The van der Waals surface area contributed by atoms with Crippen molar-refractivity contribution in [3.8, 4) is 28.7 Å². The van der Waals surface area contributed by atoms with Crippen LogP contribution in [-0.2, 0) is 9.47 Å². The second-order valence-corrected chi connectivity index (χ2v) is 11.7. The van der Waals surface area contributed by atoms with E-state index in [-0.39, 0.29) is 64.3 Å². The Kier molecular flexibility index (Phi) is 13.9. The molecule has 0 bridgehead atoms. The number of carboxylic acid groups (broad SMARTS) is 1. The first-order valence-corrected chi connectivity index (χ1v) is 15.5. The van der Waals surface area contributed by atoms with E-state index in [1.807, 2.05) is 6.92 Å². The van der Waals surface area contributed by atoms with Gasteiger partial charge in [0.1, 0.15) is 31.0 Å². The van der Waals surface area contributed by atoms with Gasteiger partial charge in [-0.15, -0.1) is 0 Å². The number of aliphatic imine (C=N–C) groups is 1. The molecule has 2 aromatic rings. The fraction of sp³-hybridized carbons (Fsp3) is 0.531. The number of ether oxygens (including phenoxy) is 6. The Balaban J connectivity index is 1.89. The Labute approximate surface area is 283 Å². The molecule has 2 aromatic carbocycles. The van der Waals surface area contributed by atoms with E-state index in [0.717, 1.165) is 12.8 Å². The number of benzene rings is 2. The maximum Gasteiger partial charge on any atom is 0.338 e. The largest absolute Gasteiger partial charge is 0.502 e. The molecule has 3 rings (SSSR count). The van der Waals surface area contributed by atoms with Crippen LogP contribution in [-0.4, -0.2) is 115 Å². The highest BCUT2D eigenvalue weighted by atomic mass is 16.7. The molecular weight excluding hydrogens is 648 g/mol. The smallest absolute Gasteiger partial charge is 0.338 e. The number of phenols is 1. The maximum absolute atomic E-state index is 12.9. The Bertz CT molecular complexity index is 1450. The zero-order chi connectivity index (χ0) is 36.4. The summed E-state index contributed by atoms with van der Waals surface area (Å²) in [5.74, 6) is -2.31. The summed E-state index contributed by atoms with van der Waals surface area (Å²) in [4.78, 5) is 28.9. The van der Waals surface area contributed by atoms with Gasteiger partial charge in [0.05, 0.1) is 31.0 Å². The topological polar surface area (TPSA) is 253 Å². The highest BCUT2D eigenvalue weighted by Gasteiger charge is 2.46. The van der Waals surface area contributed by atoms with Crippen molar-refractivity contribution in [2.24, 2.45) is 16.6 Å². The van der Waals surface area contributed by atoms with Gasteiger partial charge in [-0.05, 0) is 37.8 Å². The number of anilines is 1. The number of aromatic hydroxyl groups is 1. The van der Waals surface area contributed by atoms with Gasteiger partial charge in [-0.1, -0.05) is 13.8 Å². The molecule has 272 valence electrons. The zero-order valence-corrected chi connectivity index (χ0v) is 28.2. The van der Waals surface area contributed by atoms with Crippen LogP contribution < -0.4 is 35.3 Å². The molecule has 1 aliphatic heterocycles. The number of esters is 1. The van der Waals surface area contributed by atoms with E-state index in [1.54, 1.807) is 0 Å². The van der Waals surface area contributed by atoms with Crippen molar-refractivity contribution in [3.63, 3.8) is 0 Å². The van der Waals surface area contributed by atoms with Crippen LogP contribution in [0.5, 0.6) is 28.7 Å². The minimum atomic E-state index is -1.81. The number of nitrogens with zero attached hydrogens (tertiary/aromatic N) is 1. The lowest BCUT2D eigenvalue weighted by Gasteiger charge is -2.40.